The molecule has 1 aromatic heterocycles. The molecule has 1 saturated carbocycles. The zero-order valence-corrected chi connectivity index (χ0v) is 15.8. The first kappa shape index (κ1) is 19.1. The molecule has 0 radical (unpaired) electrons. The summed E-state index contributed by atoms with van der Waals surface area (Å²) in [6, 6.07) is 7.89. The molecule has 1 aromatic carbocycles. The van der Waals surface area contributed by atoms with Crippen LogP contribution in [0.1, 0.15) is 25.5 Å². The zero-order valence-electron chi connectivity index (χ0n) is 15.1. The van der Waals surface area contributed by atoms with E-state index in [0.717, 1.165) is 18.9 Å². The van der Waals surface area contributed by atoms with Crippen molar-refractivity contribution >= 4 is 29.0 Å². The Morgan fingerprint density at radius 3 is 2.54 bits per heavy atom. The lowest BCUT2D eigenvalue weighted by Gasteiger charge is -2.60. The van der Waals surface area contributed by atoms with Crippen LogP contribution in [-0.2, 0) is 11.0 Å². The van der Waals surface area contributed by atoms with E-state index in [1.54, 1.807) is 29.2 Å². The van der Waals surface area contributed by atoms with Gasteiger partial charge < -0.3 is 14.7 Å². The summed E-state index contributed by atoms with van der Waals surface area (Å²) in [6.45, 7) is 3.18. The molecular formula is C19H19ClF3N3O2. The molecule has 28 heavy (non-hydrogen) atoms. The molecule has 9 heteroatoms. The number of carbonyl (C=O) groups is 1. The highest BCUT2D eigenvalue weighted by atomic mass is 35.5. The van der Waals surface area contributed by atoms with E-state index in [4.69, 9.17) is 11.6 Å². The van der Waals surface area contributed by atoms with E-state index in [1.807, 2.05) is 6.92 Å². The molecule has 1 amide bonds. The summed E-state index contributed by atoms with van der Waals surface area (Å²) in [6.07, 6.45) is -2.77. The van der Waals surface area contributed by atoms with Crippen LogP contribution in [0.5, 0.6) is 0 Å². The Bertz CT molecular complexity index is 867. The van der Waals surface area contributed by atoms with Crippen molar-refractivity contribution in [3.05, 3.63) is 41.1 Å². The predicted molar refractivity (Wildman–Crippen MR) is 98.1 cm³/mol. The van der Waals surface area contributed by atoms with Gasteiger partial charge in [0.1, 0.15) is 0 Å². The first-order valence-electron chi connectivity index (χ1n) is 9.01. The number of carbonyl (C=O) groups excluding carboxylic acids is 1. The molecule has 2 heterocycles. The summed E-state index contributed by atoms with van der Waals surface area (Å²) < 4.78 is 42.2. The van der Waals surface area contributed by atoms with Gasteiger partial charge in [0.05, 0.1) is 0 Å². The van der Waals surface area contributed by atoms with Crippen molar-refractivity contribution in [2.24, 2.45) is 17.3 Å². The van der Waals surface area contributed by atoms with Gasteiger partial charge in [-0.15, -0.1) is 0 Å². The third-order valence-corrected chi connectivity index (χ3v) is 6.03. The van der Waals surface area contributed by atoms with Crippen LogP contribution in [0.2, 0.25) is 5.02 Å². The molecular weight excluding hydrogens is 395 g/mol. The fourth-order valence-corrected chi connectivity index (χ4v) is 4.27. The van der Waals surface area contributed by atoms with Crippen LogP contribution in [0.4, 0.5) is 24.7 Å². The number of rotatable bonds is 4. The summed E-state index contributed by atoms with van der Waals surface area (Å²) in [4.78, 5) is 14.2. The minimum atomic E-state index is -4.53. The van der Waals surface area contributed by atoms with Crippen molar-refractivity contribution in [2.45, 2.75) is 25.9 Å². The molecule has 1 saturated heterocycles. The molecule has 1 aliphatic heterocycles. The van der Waals surface area contributed by atoms with E-state index in [1.165, 1.54) is 0 Å². The third kappa shape index (κ3) is 3.57. The van der Waals surface area contributed by atoms with Gasteiger partial charge >= 0.3 is 6.18 Å². The lowest BCUT2D eigenvalue weighted by molar-refractivity contribution is -0.155. The van der Waals surface area contributed by atoms with E-state index in [9.17, 15) is 18.0 Å². The van der Waals surface area contributed by atoms with Crippen LogP contribution >= 0.6 is 11.6 Å². The number of amides is 1. The highest BCUT2D eigenvalue weighted by molar-refractivity contribution is 6.30. The molecule has 1 N–H and O–H groups in total. The van der Waals surface area contributed by atoms with E-state index >= 15 is 0 Å². The zero-order chi connectivity index (χ0) is 20.1. The van der Waals surface area contributed by atoms with E-state index in [0.29, 0.717) is 23.8 Å². The number of alkyl halides is 3. The number of hydrogen-bond acceptors (Lipinski definition) is 4. The smallest absolute Gasteiger partial charge is 0.353 e. The minimum Gasteiger partial charge on any atom is -0.353 e. The number of nitrogens with zero attached hydrogens (tertiary/aromatic N) is 2. The second-order valence-corrected chi connectivity index (χ2v) is 8.29. The summed E-state index contributed by atoms with van der Waals surface area (Å²) in [5.74, 6) is -0.779. The van der Waals surface area contributed by atoms with E-state index < -0.39 is 11.9 Å². The highest BCUT2D eigenvalue weighted by Gasteiger charge is 2.55. The van der Waals surface area contributed by atoms with E-state index in [2.05, 4.69) is 15.0 Å². The Hall–Kier alpha value is -2.22. The monoisotopic (exact) mass is 413 g/mol. The van der Waals surface area contributed by atoms with Crippen molar-refractivity contribution in [1.82, 2.24) is 5.16 Å². The van der Waals surface area contributed by atoms with Gasteiger partial charge in [-0.3, -0.25) is 4.79 Å². The average molecular weight is 414 g/mol. The Balaban J connectivity index is 1.27. The van der Waals surface area contributed by atoms with Crippen LogP contribution in [-0.4, -0.2) is 24.2 Å². The number of aromatic nitrogens is 1. The van der Waals surface area contributed by atoms with Gasteiger partial charge in [0.2, 0.25) is 11.7 Å². The van der Waals surface area contributed by atoms with Gasteiger partial charge in [0.25, 0.3) is 0 Å². The topological polar surface area (TPSA) is 58.4 Å². The average Bonchev–Trinajstić information content (AvgIpc) is 3.04. The molecule has 1 aliphatic carbocycles. The van der Waals surface area contributed by atoms with Gasteiger partial charge in [-0.25, -0.2) is 0 Å². The Morgan fingerprint density at radius 2 is 1.96 bits per heavy atom. The van der Waals surface area contributed by atoms with Gasteiger partial charge in [0, 0.05) is 41.2 Å². The van der Waals surface area contributed by atoms with Crippen LogP contribution in [0.3, 0.4) is 0 Å². The normalized spacial score (nSPS) is 19.8. The fourth-order valence-electron chi connectivity index (χ4n) is 4.14. The van der Waals surface area contributed by atoms with Crippen LogP contribution in [0, 0.1) is 17.3 Å². The largest absolute Gasteiger partial charge is 0.452 e. The lowest BCUT2D eigenvalue weighted by Crippen LogP contribution is -2.63. The van der Waals surface area contributed by atoms with Gasteiger partial charge in [-0.2, -0.15) is 13.2 Å². The van der Waals surface area contributed by atoms with Crippen LogP contribution < -0.4 is 10.2 Å². The first-order valence-corrected chi connectivity index (χ1v) is 9.38. The van der Waals surface area contributed by atoms with Crippen molar-refractivity contribution < 1.29 is 22.5 Å². The maximum atomic E-state index is 12.6. The summed E-state index contributed by atoms with van der Waals surface area (Å²) in [7, 11) is 0. The molecule has 1 spiro atoms. The molecule has 150 valence electrons. The standard InChI is InChI=1S/C19H19ClF3N3O2/c1-11(17(27)24-14-4-2-13(20)3-5-14)12-7-18(8-12)9-26(10-18)16-6-15(28-25-16)19(21,22)23/h2-6,11-12H,7-10H2,1H3,(H,24,27)/t11-/m1/s1. The second kappa shape index (κ2) is 6.69. The number of hydrogen-bond donors (Lipinski definition) is 1. The third-order valence-electron chi connectivity index (χ3n) is 5.78. The van der Waals surface area contributed by atoms with Crippen LogP contribution in [0.15, 0.2) is 34.9 Å². The maximum absolute atomic E-state index is 12.6. The maximum Gasteiger partial charge on any atom is 0.452 e. The van der Waals surface area contributed by atoms with Crippen molar-refractivity contribution in [3.8, 4) is 0 Å². The van der Waals surface area contributed by atoms with Gasteiger partial charge in [-0.05, 0) is 43.0 Å². The quantitative estimate of drug-likeness (QED) is 0.779. The molecule has 0 bridgehead atoms. The Kier molecular flexibility index (Phi) is 4.56. The number of halogens is 4. The Morgan fingerprint density at radius 1 is 1.32 bits per heavy atom. The van der Waals surface area contributed by atoms with Crippen molar-refractivity contribution in [1.29, 1.82) is 0 Å². The number of anilines is 2. The number of nitrogens with one attached hydrogen (secondary N) is 1. The lowest BCUT2D eigenvalue weighted by atomic mass is 9.55. The molecule has 5 nitrogen and oxygen atoms in total. The molecule has 0 unspecified atom stereocenters. The second-order valence-electron chi connectivity index (χ2n) is 7.86. The minimum absolute atomic E-state index is 0.0373. The molecule has 2 fully saturated rings. The van der Waals surface area contributed by atoms with Crippen molar-refractivity contribution in [2.75, 3.05) is 23.3 Å². The molecule has 4 rings (SSSR count). The molecule has 2 aliphatic rings. The Labute approximate surface area is 164 Å². The summed E-state index contributed by atoms with van der Waals surface area (Å²) in [5, 5.41) is 7.02. The molecule has 2 aromatic rings. The summed E-state index contributed by atoms with van der Waals surface area (Å²) in [5.41, 5.74) is 0.771. The van der Waals surface area contributed by atoms with Crippen molar-refractivity contribution in [3.63, 3.8) is 0 Å². The van der Waals surface area contributed by atoms with Crippen LogP contribution in [0.25, 0.3) is 0 Å². The highest BCUT2D eigenvalue weighted by Crippen LogP contribution is 2.55. The molecule has 1 atom stereocenters. The SMILES string of the molecule is C[C@@H](C(=O)Nc1ccc(Cl)cc1)C1CC2(C1)CN(c1cc(C(F)(F)F)on1)C2. The first-order chi connectivity index (χ1) is 13.2. The van der Waals surface area contributed by atoms with Gasteiger partial charge in [0.15, 0.2) is 5.82 Å². The summed E-state index contributed by atoms with van der Waals surface area (Å²) >= 11 is 5.84. The number of benzene rings is 1. The van der Waals surface area contributed by atoms with Gasteiger partial charge in [-0.1, -0.05) is 23.7 Å². The fraction of sp³-hybridized carbons (Fsp3) is 0.474. The van der Waals surface area contributed by atoms with E-state index in [-0.39, 0.29) is 29.0 Å². The predicted octanol–water partition coefficient (Wildman–Crippen LogP) is 4.84.